The van der Waals surface area contributed by atoms with E-state index < -0.39 is 6.68 Å². The van der Waals surface area contributed by atoms with Crippen molar-refractivity contribution in [2.24, 2.45) is 0 Å². The zero-order chi connectivity index (χ0) is 13.0. The molecular weight excluding hydrogens is 235 g/mol. The van der Waals surface area contributed by atoms with Gasteiger partial charge in [0.2, 0.25) is 0 Å². The van der Waals surface area contributed by atoms with Crippen LogP contribution in [0.4, 0.5) is 18.9 Å². The van der Waals surface area contributed by atoms with Gasteiger partial charge in [0.25, 0.3) is 0 Å². The Balaban J connectivity index is 0.000000317. The first-order chi connectivity index (χ1) is 7.90. The van der Waals surface area contributed by atoms with Crippen LogP contribution >= 0.6 is 0 Å². The van der Waals surface area contributed by atoms with Crippen LogP contribution in [0.1, 0.15) is 5.56 Å². The molecule has 1 aromatic heterocycles. The van der Waals surface area contributed by atoms with Crippen molar-refractivity contribution in [2.45, 2.75) is 13.6 Å². The van der Waals surface area contributed by atoms with E-state index in [2.05, 4.69) is 0 Å². The monoisotopic (exact) mass is 245 g/mol. The summed E-state index contributed by atoms with van der Waals surface area (Å²) < 4.78 is 34.0. The first kappa shape index (κ1) is 13.1. The average molecular weight is 245 g/mol. The van der Waals surface area contributed by atoms with E-state index in [1.54, 1.807) is 12.1 Å². The number of hydrogen-bond donors (Lipinski definition) is 1. The fourth-order valence-electron chi connectivity index (χ4n) is 1.34. The summed E-state index contributed by atoms with van der Waals surface area (Å²) in [6, 6.07) is 6.76. The molecule has 0 atom stereocenters. The van der Waals surface area contributed by atoms with Crippen LogP contribution < -0.4 is 11.4 Å². The lowest BCUT2D eigenvalue weighted by atomic mass is 10.1. The molecule has 92 valence electrons. The highest BCUT2D eigenvalue weighted by Crippen LogP contribution is 2.18. The molecule has 0 saturated carbocycles. The predicted octanol–water partition coefficient (Wildman–Crippen LogP) is 2.86. The smallest absolute Gasteiger partial charge is 0.379 e. The molecule has 0 fully saturated rings. The lowest BCUT2D eigenvalue weighted by molar-refractivity contribution is 0.00819. The lowest BCUT2D eigenvalue weighted by Gasteiger charge is -2.00. The van der Waals surface area contributed by atoms with Gasteiger partial charge in [-0.2, -0.15) is 13.2 Å². The molecule has 2 N–H and O–H groups in total. The highest BCUT2D eigenvalue weighted by molar-refractivity contribution is 5.82. The molecule has 0 unspecified atom stereocenters. The van der Waals surface area contributed by atoms with Gasteiger partial charge in [-0.25, -0.2) is 4.79 Å². The Morgan fingerprint density at radius 1 is 1.24 bits per heavy atom. The number of fused-ring (bicyclic) bond motifs is 1. The van der Waals surface area contributed by atoms with Gasteiger partial charge >= 0.3 is 12.3 Å². The van der Waals surface area contributed by atoms with Crippen molar-refractivity contribution in [1.82, 2.24) is 0 Å². The van der Waals surface area contributed by atoms with Crippen molar-refractivity contribution in [3.05, 3.63) is 40.2 Å². The summed E-state index contributed by atoms with van der Waals surface area (Å²) in [5.74, 6) is 0. The van der Waals surface area contributed by atoms with Crippen molar-refractivity contribution in [2.75, 3.05) is 5.73 Å². The number of rotatable bonds is 0. The van der Waals surface area contributed by atoms with Crippen LogP contribution in [0.25, 0.3) is 11.0 Å². The maximum atomic E-state index is 11.0. The second kappa shape index (κ2) is 5.38. The van der Waals surface area contributed by atoms with E-state index in [-0.39, 0.29) is 5.63 Å². The fourth-order valence-corrected chi connectivity index (χ4v) is 1.34. The first-order valence-corrected chi connectivity index (χ1v) is 4.62. The minimum atomic E-state index is -3.67. The zero-order valence-electron chi connectivity index (χ0n) is 8.91. The van der Waals surface area contributed by atoms with Gasteiger partial charge in [-0.15, -0.1) is 0 Å². The van der Waals surface area contributed by atoms with Crippen molar-refractivity contribution in [3.63, 3.8) is 0 Å². The van der Waals surface area contributed by atoms with Crippen molar-refractivity contribution >= 4 is 16.7 Å². The van der Waals surface area contributed by atoms with Gasteiger partial charge in [0.1, 0.15) is 5.58 Å². The van der Waals surface area contributed by atoms with E-state index in [9.17, 15) is 18.0 Å². The molecule has 2 aromatic rings. The summed E-state index contributed by atoms with van der Waals surface area (Å²) in [7, 11) is 0. The molecule has 0 aliphatic carbocycles. The van der Waals surface area contributed by atoms with Gasteiger partial charge in [0.05, 0.1) is 0 Å². The standard InChI is InChI=1S/C10H9NO2.CHF3/c1-6-4-10(12)13-9-5-7(11)2-3-8(6)9;2-1(3)4/h2-5H,11H2,1H3;1H. The SMILES string of the molecule is Cc1cc(=O)oc2cc(N)ccc12.FC(F)F. The minimum absolute atomic E-state index is 0.337. The summed E-state index contributed by atoms with van der Waals surface area (Å²) in [6.45, 7) is -1.80. The van der Waals surface area contributed by atoms with Crippen LogP contribution in [0.2, 0.25) is 0 Å². The summed E-state index contributed by atoms with van der Waals surface area (Å²) in [4.78, 5) is 11.0. The third kappa shape index (κ3) is 3.82. The molecule has 2 rings (SSSR count). The van der Waals surface area contributed by atoms with Crippen molar-refractivity contribution in [1.29, 1.82) is 0 Å². The number of hydrogen-bond acceptors (Lipinski definition) is 3. The Morgan fingerprint density at radius 3 is 2.41 bits per heavy atom. The lowest BCUT2D eigenvalue weighted by Crippen LogP contribution is -1.98. The third-order valence-electron chi connectivity index (χ3n) is 1.98. The molecule has 1 heterocycles. The molecule has 0 bridgehead atoms. The molecule has 1 aromatic carbocycles. The van der Waals surface area contributed by atoms with Crippen LogP contribution in [0.15, 0.2) is 33.5 Å². The molecular formula is C11H10F3NO2. The Labute approximate surface area is 94.7 Å². The third-order valence-corrected chi connectivity index (χ3v) is 1.98. The fraction of sp³-hybridized carbons (Fsp3) is 0.182. The Morgan fingerprint density at radius 2 is 1.82 bits per heavy atom. The van der Waals surface area contributed by atoms with Crippen LogP contribution in [-0.4, -0.2) is 6.68 Å². The molecule has 6 heteroatoms. The maximum Gasteiger partial charge on any atom is 0.379 e. The Hall–Kier alpha value is -1.98. The number of aryl methyl sites for hydroxylation is 1. The van der Waals surface area contributed by atoms with Crippen LogP contribution in [0, 0.1) is 6.92 Å². The van der Waals surface area contributed by atoms with E-state index in [1.807, 2.05) is 13.0 Å². The van der Waals surface area contributed by atoms with Crippen molar-refractivity contribution in [3.8, 4) is 0 Å². The van der Waals surface area contributed by atoms with Crippen LogP contribution in [-0.2, 0) is 0 Å². The number of alkyl halides is 3. The van der Waals surface area contributed by atoms with Crippen LogP contribution in [0.3, 0.4) is 0 Å². The Bertz CT molecular complexity index is 563. The van der Waals surface area contributed by atoms with Gasteiger partial charge in [0, 0.05) is 23.2 Å². The molecule has 0 aliphatic heterocycles. The van der Waals surface area contributed by atoms with Gasteiger partial charge in [-0.05, 0) is 24.6 Å². The summed E-state index contributed by atoms with van der Waals surface area (Å²) in [5, 5.41) is 0.925. The highest BCUT2D eigenvalue weighted by Gasteiger charge is 2.01. The van der Waals surface area contributed by atoms with Crippen LogP contribution in [0.5, 0.6) is 0 Å². The molecule has 0 radical (unpaired) electrons. The summed E-state index contributed by atoms with van der Waals surface area (Å²) in [6.07, 6.45) is 0. The molecule has 0 saturated heterocycles. The van der Waals surface area contributed by atoms with E-state index in [4.69, 9.17) is 10.2 Å². The van der Waals surface area contributed by atoms with Crippen molar-refractivity contribution < 1.29 is 17.6 Å². The molecule has 0 amide bonds. The molecule has 0 aliphatic rings. The number of anilines is 1. The summed E-state index contributed by atoms with van der Waals surface area (Å²) >= 11 is 0. The van der Waals surface area contributed by atoms with E-state index in [0.717, 1.165) is 10.9 Å². The van der Waals surface area contributed by atoms with E-state index in [0.29, 0.717) is 11.3 Å². The average Bonchev–Trinajstić information content (AvgIpc) is 2.14. The van der Waals surface area contributed by atoms with Gasteiger partial charge in [-0.1, -0.05) is 0 Å². The van der Waals surface area contributed by atoms with E-state index in [1.165, 1.54) is 6.07 Å². The van der Waals surface area contributed by atoms with Gasteiger partial charge in [-0.3, -0.25) is 0 Å². The molecule has 3 nitrogen and oxygen atoms in total. The number of nitrogens with two attached hydrogens (primary N) is 1. The number of benzene rings is 1. The largest absolute Gasteiger partial charge is 0.423 e. The number of halogens is 3. The summed E-state index contributed by atoms with van der Waals surface area (Å²) in [5.41, 5.74) is 7.28. The molecule has 17 heavy (non-hydrogen) atoms. The predicted molar refractivity (Wildman–Crippen MR) is 58.7 cm³/mol. The normalized spacial score (nSPS) is 10.2. The van der Waals surface area contributed by atoms with Gasteiger partial charge in [0.15, 0.2) is 0 Å². The quantitative estimate of drug-likeness (QED) is 0.573. The second-order valence-electron chi connectivity index (χ2n) is 3.25. The topological polar surface area (TPSA) is 56.2 Å². The van der Waals surface area contributed by atoms with E-state index >= 15 is 0 Å². The second-order valence-corrected chi connectivity index (χ2v) is 3.25. The maximum absolute atomic E-state index is 11.0. The first-order valence-electron chi connectivity index (χ1n) is 4.62. The molecule has 0 spiro atoms. The minimum Gasteiger partial charge on any atom is -0.423 e. The zero-order valence-corrected chi connectivity index (χ0v) is 8.91. The highest BCUT2D eigenvalue weighted by atomic mass is 19.4. The van der Waals surface area contributed by atoms with Gasteiger partial charge < -0.3 is 10.2 Å². The Kier molecular flexibility index (Phi) is 4.14. The number of nitrogen functional groups attached to an aromatic ring is 1.